The monoisotopic (exact) mass is 361 g/mol. The number of hydrazine groups is 1. The second-order valence-electron chi connectivity index (χ2n) is 5.41. The quantitative estimate of drug-likeness (QED) is 0.818. The molecule has 1 heterocycles. The van der Waals surface area contributed by atoms with Crippen molar-refractivity contribution in [2.24, 2.45) is 0 Å². The third-order valence-corrected chi connectivity index (χ3v) is 4.96. The lowest BCUT2D eigenvalue weighted by molar-refractivity contribution is -0.129. The molecule has 4 nitrogen and oxygen atoms in total. The number of carbonyl (C=O) groups excluding carboxylic acids is 1. The Bertz CT molecular complexity index is 749. The van der Waals surface area contributed by atoms with Gasteiger partial charge in [-0.15, -0.1) is 11.8 Å². The van der Waals surface area contributed by atoms with Gasteiger partial charge in [0, 0.05) is 5.69 Å². The molecule has 0 bridgehead atoms. The fourth-order valence-electron chi connectivity index (χ4n) is 2.32. The van der Waals surface area contributed by atoms with Gasteiger partial charge in [0.15, 0.2) is 5.11 Å². The highest BCUT2D eigenvalue weighted by Gasteiger charge is 2.33. The van der Waals surface area contributed by atoms with Crippen molar-refractivity contribution in [3.8, 4) is 0 Å². The number of thioether (sulfide) groups is 1. The zero-order valence-electron chi connectivity index (χ0n) is 13.0. The van der Waals surface area contributed by atoms with Gasteiger partial charge in [0.2, 0.25) is 0 Å². The molecule has 1 saturated heterocycles. The summed E-state index contributed by atoms with van der Waals surface area (Å²) in [7, 11) is 0. The highest BCUT2D eigenvalue weighted by molar-refractivity contribution is 8.00. The van der Waals surface area contributed by atoms with E-state index in [1.807, 2.05) is 31.2 Å². The molecular weight excluding hydrogens is 345 g/mol. The van der Waals surface area contributed by atoms with Crippen LogP contribution < -0.4 is 10.7 Å². The van der Waals surface area contributed by atoms with E-state index >= 15 is 0 Å². The predicted molar refractivity (Wildman–Crippen MR) is 99.0 cm³/mol. The first-order valence-corrected chi connectivity index (χ1v) is 8.82. The van der Waals surface area contributed by atoms with E-state index in [1.165, 1.54) is 28.9 Å². The molecule has 1 aliphatic rings. The van der Waals surface area contributed by atoms with Gasteiger partial charge in [-0.25, -0.2) is 9.40 Å². The molecule has 2 N–H and O–H groups in total. The van der Waals surface area contributed by atoms with Crippen molar-refractivity contribution in [1.82, 2.24) is 10.4 Å². The largest absolute Gasteiger partial charge is 0.331 e. The van der Waals surface area contributed by atoms with Crippen LogP contribution in [-0.2, 0) is 4.79 Å². The number of halogens is 1. The lowest BCUT2D eigenvalue weighted by atomic mass is 10.2. The van der Waals surface area contributed by atoms with E-state index in [1.54, 1.807) is 12.1 Å². The van der Waals surface area contributed by atoms with E-state index in [-0.39, 0.29) is 17.1 Å². The summed E-state index contributed by atoms with van der Waals surface area (Å²) in [5.41, 5.74) is 5.79. The third-order valence-electron chi connectivity index (χ3n) is 3.55. The Balaban J connectivity index is 1.69. The number of aryl methyl sites for hydroxylation is 1. The molecule has 0 radical (unpaired) electrons. The van der Waals surface area contributed by atoms with E-state index in [0.717, 1.165) is 16.8 Å². The minimum absolute atomic E-state index is 0.0672. The van der Waals surface area contributed by atoms with E-state index in [9.17, 15) is 9.18 Å². The zero-order chi connectivity index (χ0) is 17.1. The maximum absolute atomic E-state index is 13.1. The van der Waals surface area contributed by atoms with E-state index in [0.29, 0.717) is 10.9 Å². The van der Waals surface area contributed by atoms with Gasteiger partial charge in [0.25, 0.3) is 5.91 Å². The van der Waals surface area contributed by atoms with Crippen LogP contribution in [0.15, 0.2) is 48.5 Å². The zero-order valence-corrected chi connectivity index (χ0v) is 14.6. The van der Waals surface area contributed by atoms with Gasteiger partial charge >= 0.3 is 0 Å². The van der Waals surface area contributed by atoms with Crippen LogP contribution in [0.2, 0.25) is 0 Å². The molecule has 7 heteroatoms. The van der Waals surface area contributed by atoms with Crippen molar-refractivity contribution in [1.29, 1.82) is 0 Å². The van der Waals surface area contributed by atoms with Crippen LogP contribution in [0.4, 0.5) is 10.1 Å². The summed E-state index contributed by atoms with van der Waals surface area (Å²) in [6, 6.07) is 13.9. The normalized spacial score (nSPS) is 17.0. The molecule has 0 aromatic heterocycles. The lowest BCUT2D eigenvalue weighted by Gasteiger charge is -2.26. The molecule has 1 amide bonds. The number of hydrogen-bond donors (Lipinski definition) is 2. The Morgan fingerprint density at radius 2 is 1.88 bits per heavy atom. The van der Waals surface area contributed by atoms with Gasteiger partial charge in [-0.05, 0) is 49.0 Å². The number of carbonyl (C=O) groups is 1. The summed E-state index contributed by atoms with van der Waals surface area (Å²) >= 11 is 6.77. The highest BCUT2D eigenvalue weighted by atomic mass is 32.2. The molecule has 2 aromatic carbocycles. The standard InChI is InChI=1S/C17H16FN3OS2/c1-11-2-8-14(9-3-11)19-17(23)20-21-15(22)10-24-16(21)12-4-6-13(18)7-5-12/h2-9,16H,10H2,1H3,(H2,19,20,23)/t16-/m1/s1. The third kappa shape index (κ3) is 3.85. The van der Waals surface area contributed by atoms with Gasteiger partial charge in [-0.3, -0.25) is 10.2 Å². The molecule has 0 spiro atoms. The highest BCUT2D eigenvalue weighted by Crippen LogP contribution is 2.37. The first-order chi connectivity index (χ1) is 11.5. The van der Waals surface area contributed by atoms with Crippen LogP contribution in [0, 0.1) is 12.7 Å². The topological polar surface area (TPSA) is 44.4 Å². The fourth-order valence-corrected chi connectivity index (χ4v) is 3.65. The number of nitrogens with one attached hydrogen (secondary N) is 2. The summed E-state index contributed by atoms with van der Waals surface area (Å²) in [6.07, 6.45) is 0. The molecule has 3 rings (SSSR count). The van der Waals surface area contributed by atoms with Crippen molar-refractivity contribution >= 4 is 40.7 Å². The molecule has 2 aromatic rings. The van der Waals surface area contributed by atoms with Crippen LogP contribution in [0.5, 0.6) is 0 Å². The van der Waals surface area contributed by atoms with E-state index in [4.69, 9.17) is 12.2 Å². The van der Waals surface area contributed by atoms with Crippen molar-refractivity contribution in [3.63, 3.8) is 0 Å². The van der Waals surface area contributed by atoms with Gasteiger partial charge in [-0.1, -0.05) is 29.8 Å². The number of rotatable bonds is 3. The van der Waals surface area contributed by atoms with E-state index < -0.39 is 0 Å². The van der Waals surface area contributed by atoms with E-state index in [2.05, 4.69) is 10.7 Å². The minimum atomic E-state index is -0.302. The molecule has 1 aliphatic heterocycles. The number of hydrogen-bond acceptors (Lipinski definition) is 3. The Kier molecular flexibility index (Phi) is 5.01. The molecule has 0 unspecified atom stereocenters. The smallest absolute Gasteiger partial charge is 0.252 e. The van der Waals surface area contributed by atoms with Crippen LogP contribution in [-0.4, -0.2) is 21.8 Å². The Hall–Kier alpha value is -2.12. The lowest BCUT2D eigenvalue weighted by Crippen LogP contribution is -2.46. The number of nitrogens with zero attached hydrogens (tertiary/aromatic N) is 1. The second-order valence-corrected chi connectivity index (χ2v) is 6.89. The first-order valence-electron chi connectivity index (χ1n) is 7.36. The molecular formula is C17H16FN3OS2. The van der Waals surface area contributed by atoms with Crippen LogP contribution in [0.3, 0.4) is 0 Å². The van der Waals surface area contributed by atoms with Crippen molar-refractivity contribution in [2.75, 3.05) is 11.1 Å². The fraction of sp³-hybridized carbons (Fsp3) is 0.176. The molecule has 1 atom stereocenters. The van der Waals surface area contributed by atoms with Gasteiger partial charge in [-0.2, -0.15) is 0 Å². The number of amides is 1. The summed E-state index contributed by atoms with van der Waals surface area (Å²) in [5.74, 6) is -0.0196. The summed E-state index contributed by atoms with van der Waals surface area (Å²) in [4.78, 5) is 12.1. The first kappa shape index (κ1) is 16.7. The van der Waals surface area contributed by atoms with Crippen molar-refractivity contribution < 1.29 is 9.18 Å². The summed E-state index contributed by atoms with van der Waals surface area (Å²) in [6.45, 7) is 2.01. The molecule has 1 fully saturated rings. The number of anilines is 1. The summed E-state index contributed by atoms with van der Waals surface area (Å²) < 4.78 is 13.1. The van der Waals surface area contributed by atoms with Gasteiger partial charge < -0.3 is 5.32 Å². The Morgan fingerprint density at radius 3 is 2.54 bits per heavy atom. The Labute approximate surface area is 149 Å². The SMILES string of the molecule is Cc1ccc(NC(=S)NN2C(=O)CS[C@@H]2c2ccc(F)cc2)cc1. The maximum atomic E-state index is 13.1. The van der Waals surface area contributed by atoms with Gasteiger partial charge in [0.1, 0.15) is 11.2 Å². The molecule has 124 valence electrons. The van der Waals surface area contributed by atoms with Crippen LogP contribution >= 0.6 is 24.0 Å². The molecule has 0 saturated carbocycles. The van der Waals surface area contributed by atoms with Crippen molar-refractivity contribution in [2.45, 2.75) is 12.3 Å². The van der Waals surface area contributed by atoms with Crippen LogP contribution in [0.25, 0.3) is 0 Å². The second kappa shape index (κ2) is 7.19. The summed E-state index contributed by atoms with van der Waals surface area (Å²) in [5, 5.41) is 4.64. The van der Waals surface area contributed by atoms with Crippen molar-refractivity contribution in [3.05, 3.63) is 65.5 Å². The van der Waals surface area contributed by atoms with Gasteiger partial charge in [0.05, 0.1) is 5.75 Å². The predicted octanol–water partition coefficient (Wildman–Crippen LogP) is 3.61. The number of benzene rings is 2. The minimum Gasteiger partial charge on any atom is -0.331 e. The molecule has 0 aliphatic carbocycles. The maximum Gasteiger partial charge on any atom is 0.252 e. The Morgan fingerprint density at radius 1 is 1.21 bits per heavy atom. The average molecular weight is 361 g/mol. The number of thiocarbonyl (C=S) groups is 1. The molecule has 24 heavy (non-hydrogen) atoms. The average Bonchev–Trinajstić information content (AvgIpc) is 2.91. The van der Waals surface area contributed by atoms with Crippen LogP contribution in [0.1, 0.15) is 16.5 Å².